The Bertz CT molecular complexity index is 1080. The van der Waals surface area contributed by atoms with E-state index in [0.29, 0.717) is 23.1 Å². The highest BCUT2D eigenvalue weighted by Gasteiger charge is 2.20. The Balaban J connectivity index is 1.60. The first-order valence-corrected chi connectivity index (χ1v) is 11.4. The maximum Gasteiger partial charge on any atom is 0.341 e. The van der Waals surface area contributed by atoms with Gasteiger partial charge in [-0.2, -0.15) is 0 Å². The Hall–Kier alpha value is -2.14. The van der Waals surface area contributed by atoms with E-state index in [1.807, 2.05) is 0 Å². The van der Waals surface area contributed by atoms with Gasteiger partial charge in [-0.1, -0.05) is 29.3 Å². The zero-order chi connectivity index (χ0) is 21.0. The summed E-state index contributed by atoms with van der Waals surface area (Å²) >= 11 is 12.6. The molecule has 1 aromatic carbocycles. The number of rotatable bonds is 6. The summed E-state index contributed by atoms with van der Waals surface area (Å²) in [6.45, 7) is 0.0180. The number of halogens is 2. The number of aliphatic imine (C=N–C) groups is 1. The van der Waals surface area contributed by atoms with Crippen LogP contribution in [0.5, 0.6) is 0 Å². The van der Waals surface area contributed by atoms with Gasteiger partial charge in [0.05, 0.1) is 14.8 Å². The quantitative estimate of drug-likeness (QED) is 0.621. The molecule has 0 saturated heterocycles. The van der Waals surface area contributed by atoms with Gasteiger partial charge in [0, 0.05) is 18.7 Å². The van der Waals surface area contributed by atoms with Gasteiger partial charge in [0.2, 0.25) is 0 Å². The van der Waals surface area contributed by atoms with E-state index in [1.54, 1.807) is 0 Å². The largest absolute Gasteiger partial charge is 0.452 e. The van der Waals surface area contributed by atoms with Gasteiger partial charge >= 0.3 is 5.97 Å². The van der Waals surface area contributed by atoms with Crippen LogP contribution in [0.25, 0.3) is 0 Å². The molecule has 0 aliphatic carbocycles. The molecule has 1 aromatic heterocycles. The number of carbonyl (C=O) groups is 2. The monoisotopic (exact) mass is 475 g/mol. The summed E-state index contributed by atoms with van der Waals surface area (Å²) in [4.78, 5) is 28.1. The molecule has 154 valence electrons. The normalized spacial score (nSPS) is 13.7. The number of ether oxygens (including phenoxy) is 1. The van der Waals surface area contributed by atoms with Crippen molar-refractivity contribution in [3.05, 3.63) is 44.6 Å². The first kappa shape index (κ1) is 21.6. The van der Waals surface area contributed by atoms with Crippen LogP contribution in [0.1, 0.15) is 23.2 Å². The van der Waals surface area contributed by atoms with Crippen LogP contribution in [-0.4, -0.2) is 39.3 Å². The van der Waals surface area contributed by atoms with Crippen molar-refractivity contribution in [2.75, 3.05) is 18.5 Å². The van der Waals surface area contributed by atoms with E-state index in [4.69, 9.17) is 27.9 Å². The third kappa shape index (κ3) is 5.69. The van der Waals surface area contributed by atoms with Crippen LogP contribution in [0.15, 0.2) is 40.2 Å². The number of amidine groups is 1. The van der Waals surface area contributed by atoms with Gasteiger partial charge in [0.1, 0.15) is 10.2 Å². The lowest BCUT2D eigenvalue weighted by Gasteiger charge is -2.10. The van der Waals surface area contributed by atoms with Gasteiger partial charge in [-0.05, 0) is 30.7 Å². The zero-order valence-corrected chi connectivity index (χ0v) is 17.9. The SMILES string of the molecule is O=C(COC(=O)c1cc(Cl)sc1Cl)Nc1cccc(S(=O)(=O)NC2=NCCC2)c1. The van der Waals surface area contributed by atoms with Gasteiger partial charge in [-0.15, -0.1) is 11.3 Å². The first-order valence-electron chi connectivity index (χ1n) is 8.32. The standard InChI is InChI=1S/C17H15Cl2N3O5S2/c18-13-8-12(16(19)28-13)17(24)27-9-15(23)21-10-3-1-4-11(7-10)29(25,26)22-14-5-2-6-20-14/h1,3-4,7-8H,2,5-6,9H2,(H,20,22)(H,21,23). The second-order valence-electron chi connectivity index (χ2n) is 5.93. The van der Waals surface area contributed by atoms with E-state index >= 15 is 0 Å². The summed E-state index contributed by atoms with van der Waals surface area (Å²) in [5, 5.41) is 2.48. The van der Waals surface area contributed by atoms with Gasteiger partial charge in [-0.25, -0.2) is 13.2 Å². The van der Waals surface area contributed by atoms with Crippen LogP contribution in [-0.2, 0) is 19.6 Å². The highest BCUT2D eigenvalue weighted by atomic mass is 35.5. The minimum Gasteiger partial charge on any atom is -0.452 e. The zero-order valence-electron chi connectivity index (χ0n) is 14.8. The smallest absolute Gasteiger partial charge is 0.341 e. The van der Waals surface area contributed by atoms with Gasteiger partial charge in [0.15, 0.2) is 6.61 Å². The van der Waals surface area contributed by atoms with E-state index in [-0.39, 0.29) is 20.5 Å². The van der Waals surface area contributed by atoms with Crippen molar-refractivity contribution >= 4 is 68.0 Å². The Morgan fingerprint density at radius 2 is 2.03 bits per heavy atom. The molecule has 1 aliphatic heterocycles. The Labute approximate surface area is 180 Å². The number of hydrogen-bond acceptors (Lipinski definition) is 7. The summed E-state index contributed by atoms with van der Waals surface area (Å²) in [7, 11) is -3.81. The summed E-state index contributed by atoms with van der Waals surface area (Å²) < 4.78 is 32.7. The average Bonchev–Trinajstić information content (AvgIpc) is 3.28. The minimum absolute atomic E-state index is 0.0263. The highest BCUT2D eigenvalue weighted by molar-refractivity contribution is 7.90. The third-order valence-electron chi connectivity index (χ3n) is 3.77. The van der Waals surface area contributed by atoms with E-state index in [1.165, 1.54) is 30.3 Å². The molecule has 1 aliphatic rings. The molecule has 0 spiro atoms. The molecule has 1 amide bonds. The Kier molecular flexibility index (Phi) is 6.78. The molecule has 8 nitrogen and oxygen atoms in total. The number of nitrogens with zero attached hydrogens (tertiary/aromatic N) is 1. The van der Waals surface area contributed by atoms with Crippen molar-refractivity contribution in [2.24, 2.45) is 4.99 Å². The molecule has 29 heavy (non-hydrogen) atoms. The Morgan fingerprint density at radius 1 is 1.24 bits per heavy atom. The molecule has 0 atom stereocenters. The van der Waals surface area contributed by atoms with Crippen molar-refractivity contribution in [3.63, 3.8) is 0 Å². The number of amides is 1. The van der Waals surface area contributed by atoms with Crippen LogP contribution in [0, 0.1) is 0 Å². The maximum atomic E-state index is 12.4. The first-order chi connectivity index (χ1) is 13.7. The van der Waals surface area contributed by atoms with Crippen molar-refractivity contribution in [1.82, 2.24) is 4.72 Å². The molecule has 0 unspecified atom stereocenters. The maximum absolute atomic E-state index is 12.4. The van der Waals surface area contributed by atoms with Crippen LogP contribution in [0.3, 0.4) is 0 Å². The lowest BCUT2D eigenvalue weighted by atomic mass is 10.3. The second-order valence-corrected chi connectivity index (χ2v) is 9.90. The lowest BCUT2D eigenvalue weighted by Crippen LogP contribution is -2.29. The fourth-order valence-electron chi connectivity index (χ4n) is 2.46. The van der Waals surface area contributed by atoms with Gasteiger partial charge < -0.3 is 10.1 Å². The van der Waals surface area contributed by atoms with Crippen LogP contribution in [0.4, 0.5) is 5.69 Å². The lowest BCUT2D eigenvalue weighted by molar-refractivity contribution is -0.119. The molecule has 2 aromatic rings. The number of anilines is 1. The molecule has 3 rings (SSSR count). The van der Waals surface area contributed by atoms with Crippen LogP contribution < -0.4 is 10.0 Å². The van der Waals surface area contributed by atoms with E-state index in [2.05, 4.69) is 15.0 Å². The van der Waals surface area contributed by atoms with Crippen molar-refractivity contribution in [3.8, 4) is 0 Å². The van der Waals surface area contributed by atoms with Crippen LogP contribution >= 0.6 is 34.5 Å². The summed E-state index contributed by atoms with van der Waals surface area (Å²) in [5.41, 5.74) is 0.308. The molecule has 2 heterocycles. The highest BCUT2D eigenvalue weighted by Crippen LogP contribution is 2.31. The van der Waals surface area contributed by atoms with Gasteiger partial charge in [0.25, 0.3) is 15.9 Å². The molecular formula is C17H15Cl2N3O5S2. The fourth-order valence-corrected chi connectivity index (χ4v) is 5.04. The van der Waals surface area contributed by atoms with E-state index in [0.717, 1.165) is 17.8 Å². The number of nitrogens with one attached hydrogen (secondary N) is 2. The molecule has 0 fully saturated rings. The van der Waals surface area contributed by atoms with E-state index in [9.17, 15) is 18.0 Å². The Morgan fingerprint density at radius 3 is 2.69 bits per heavy atom. The molecule has 0 radical (unpaired) electrons. The summed E-state index contributed by atoms with van der Waals surface area (Å²) in [6, 6.07) is 7.05. The van der Waals surface area contributed by atoms with Gasteiger partial charge in [-0.3, -0.25) is 14.5 Å². The second kappa shape index (κ2) is 9.12. The number of hydrogen-bond donors (Lipinski definition) is 2. The number of thiophene rings is 1. The topological polar surface area (TPSA) is 114 Å². The molecular weight excluding hydrogens is 461 g/mol. The fraction of sp³-hybridized carbons (Fsp3) is 0.235. The molecule has 12 heteroatoms. The number of esters is 1. The predicted molar refractivity (Wildman–Crippen MR) is 112 cm³/mol. The number of benzene rings is 1. The predicted octanol–water partition coefficient (Wildman–Crippen LogP) is 3.32. The van der Waals surface area contributed by atoms with Crippen molar-refractivity contribution in [1.29, 1.82) is 0 Å². The number of carbonyl (C=O) groups excluding carboxylic acids is 2. The minimum atomic E-state index is -3.81. The summed E-state index contributed by atoms with van der Waals surface area (Å²) in [5.74, 6) is -1.01. The summed E-state index contributed by atoms with van der Waals surface area (Å²) in [6.07, 6.45) is 1.37. The van der Waals surface area contributed by atoms with Crippen molar-refractivity contribution in [2.45, 2.75) is 17.7 Å². The van der Waals surface area contributed by atoms with E-state index < -0.39 is 28.5 Å². The third-order valence-corrected chi connectivity index (χ3v) is 6.63. The van der Waals surface area contributed by atoms with Crippen LogP contribution in [0.2, 0.25) is 8.67 Å². The van der Waals surface area contributed by atoms with Crippen molar-refractivity contribution < 1.29 is 22.7 Å². The molecule has 0 saturated carbocycles. The average molecular weight is 476 g/mol. The number of sulfonamides is 1. The molecule has 0 bridgehead atoms. The molecule has 2 N–H and O–H groups in total.